The second kappa shape index (κ2) is 8.13. The molecule has 2 aromatic rings. The van der Waals surface area contributed by atoms with Gasteiger partial charge in [0.15, 0.2) is 5.01 Å². The minimum Gasteiger partial charge on any atom is -0.497 e. The summed E-state index contributed by atoms with van der Waals surface area (Å²) < 4.78 is 21.7. The number of aromatic nitrogens is 1. The van der Waals surface area contributed by atoms with Gasteiger partial charge in [-0.2, -0.15) is 0 Å². The summed E-state index contributed by atoms with van der Waals surface area (Å²) in [4.78, 5) is 17.5. The first-order valence-electron chi connectivity index (χ1n) is 8.23. The quantitative estimate of drug-likeness (QED) is 0.797. The molecule has 1 N–H and O–H groups in total. The lowest BCUT2D eigenvalue weighted by molar-refractivity contribution is -0.149. The Morgan fingerprint density at radius 2 is 2.15 bits per heavy atom. The van der Waals surface area contributed by atoms with Gasteiger partial charge >= 0.3 is 0 Å². The maximum absolute atomic E-state index is 12.7. The number of thiazole rings is 1. The third-order valence-corrected chi connectivity index (χ3v) is 5.27. The van der Waals surface area contributed by atoms with Crippen LogP contribution in [0.1, 0.15) is 33.2 Å². The molecular weight excluding hydrogens is 356 g/mol. The molecule has 3 rings (SSSR count). The number of nitrogens with zero attached hydrogens (tertiary/aromatic N) is 1. The molecule has 1 aromatic heterocycles. The average molecular weight is 378 g/mol. The van der Waals surface area contributed by atoms with Crippen LogP contribution in [0.3, 0.4) is 0 Å². The van der Waals surface area contributed by atoms with E-state index in [0.29, 0.717) is 29.7 Å². The van der Waals surface area contributed by atoms with E-state index in [2.05, 4.69) is 10.3 Å². The van der Waals surface area contributed by atoms with Crippen LogP contribution in [-0.2, 0) is 20.0 Å². The molecule has 7 nitrogen and oxygen atoms in total. The van der Waals surface area contributed by atoms with Gasteiger partial charge in [0.25, 0.3) is 5.91 Å². The van der Waals surface area contributed by atoms with Crippen molar-refractivity contribution < 1.29 is 23.7 Å². The minimum atomic E-state index is -0.873. The van der Waals surface area contributed by atoms with Crippen LogP contribution in [0, 0.1) is 0 Å². The molecule has 0 spiro atoms. The summed E-state index contributed by atoms with van der Waals surface area (Å²) in [6.07, 6.45) is 1.54. The minimum absolute atomic E-state index is 0.222. The van der Waals surface area contributed by atoms with Crippen molar-refractivity contribution in [1.82, 2.24) is 10.3 Å². The molecule has 1 unspecified atom stereocenters. The summed E-state index contributed by atoms with van der Waals surface area (Å²) in [5.74, 6) is -0.372. The molecule has 1 fully saturated rings. The molecule has 0 saturated carbocycles. The van der Waals surface area contributed by atoms with Crippen LogP contribution in [0.4, 0.5) is 0 Å². The fraction of sp³-hybridized carbons (Fsp3) is 0.444. The summed E-state index contributed by atoms with van der Waals surface area (Å²) in [5.41, 5.74) is 0.902. The fourth-order valence-electron chi connectivity index (χ4n) is 2.70. The zero-order valence-corrected chi connectivity index (χ0v) is 15.8. The van der Waals surface area contributed by atoms with Crippen molar-refractivity contribution in [2.24, 2.45) is 0 Å². The molecule has 1 amide bonds. The maximum atomic E-state index is 12.7. The Morgan fingerprint density at radius 1 is 1.38 bits per heavy atom. The second-order valence-electron chi connectivity index (χ2n) is 5.93. The van der Waals surface area contributed by atoms with E-state index in [9.17, 15) is 4.79 Å². The Balaban J connectivity index is 1.75. The number of hydrogen-bond acceptors (Lipinski definition) is 7. The van der Waals surface area contributed by atoms with Gasteiger partial charge in [-0.1, -0.05) is 12.1 Å². The SMILES string of the molecule is COCC(NC(=O)c1cnc(C2(C)OCCO2)s1)c1cccc(OC)c1. The van der Waals surface area contributed by atoms with Crippen molar-refractivity contribution in [1.29, 1.82) is 0 Å². The van der Waals surface area contributed by atoms with Gasteiger partial charge in [-0.25, -0.2) is 4.98 Å². The maximum Gasteiger partial charge on any atom is 0.263 e. The Bertz CT molecular complexity index is 758. The summed E-state index contributed by atoms with van der Waals surface area (Å²) in [7, 11) is 3.20. The highest BCUT2D eigenvalue weighted by Gasteiger charge is 2.36. The number of carbonyl (C=O) groups excluding carboxylic acids is 1. The number of rotatable bonds is 7. The van der Waals surface area contributed by atoms with Crippen molar-refractivity contribution in [3.05, 3.63) is 45.9 Å². The van der Waals surface area contributed by atoms with Gasteiger partial charge in [-0.15, -0.1) is 11.3 Å². The summed E-state index contributed by atoms with van der Waals surface area (Å²) in [6.45, 7) is 3.19. The van der Waals surface area contributed by atoms with E-state index in [1.54, 1.807) is 20.4 Å². The predicted molar refractivity (Wildman–Crippen MR) is 96.4 cm³/mol. The van der Waals surface area contributed by atoms with Crippen molar-refractivity contribution >= 4 is 17.2 Å². The van der Waals surface area contributed by atoms with Gasteiger partial charge in [0.1, 0.15) is 10.6 Å². The first-order valence-corrected chi connectivity index (χ1v) is 9.05. The number of methoxy groups -OCH3 is 2. The van der Waals surface area contributed by atoms with Crippen molar-refractivity contribution in [3.8, 4) is 5.75 Å². The van der Waals surface area contributed by atoms with Gasteiger partial charge in [0.05, 0.1) is 39.2 Å². The number of benzene rings is 1. The van der Waals surface area contributed by atoms with E-state index in [1.165, 1.54) is 11.3 Å². The van der Waals surface area contributed by atoms with E-state index in [1.807, 2.05) is 31.2 Å². The molecule has 1 aliphatic rings. The molecule has 140 valence electrons. The molecule has 1 aliphatic heterocycles. The van der Waals surface area contributed by atoms with Crippen LogP contribution < -0.4 is 10.1 Å². The zero-order valence-electron chi connectivity index (χ0n) is 15.0. The van der Waals surface area contributed by atoms with Crippen molar-refractivity contribution in [2.45, 2.75) is 18.8 Å². The number of amides is 1. The van der Waals surface area contributed by atoms with Crippen molar-refractivity contribution in [2.75, 3.05) is 34.0 Å². The Kier molecular flexibility index (Phi) is 5.87. The summed E-state index contributed by atoms with van der Waals surface area (Å²) >= 11 is 1.26. The first-order chi connectivity index (χ1) is 12.6. The van der Waals surface area contributed by atoms with E-state index in [-0.39, 0.29) is 11.9 Å². The smallest absolute Gasteiger partial charge is 0.263 e. The first kappa shape index (κ1) is 18.8. The van der Waals surface area contributed by atoms with Crippen LogP contribution in [0.15, 0.2) is 30.5 Å². The lowest BCUT2D eigenvalue weighted by Crippen LogP contribution is -2.30. The Morgan fingerprint density at radius 3 is 2.85 bits per heavy atom. The lowest BCUT2D eigenvalue weighted by atomic mass is 10.1. The number of nitrogens with one attached hydrogen (secondary N) is 1. The third-order valence-electron chi connectivity index (χ3n) is 4.09. The Labute approximate surface area is 156 Å². The zero-order chi connectivity index (χ0) is 18.6. The van der Waals surface area contributed by atoms with E-state index < -0.39 is 5.79 Å². The van der Waals surface area contributed by atoms with Crippen LogP contribution >= 0.6 is 11.3 Å². The molecule has 2 heterocycles. The Hall–Kier alpha value is -2.00. The monoisotopic (exact) mass is 378 g/mol. The van der Waals surface area contributed by atoms with E-state index in [0.717, 1.165) is 11.3 Å². The van der Waals surface area contributed by atoms with Crippen LogP contribution in [0.25, 0.3) is 0 Å². The molecule has 1 aromatic carbocycles. The average Bonchev–Trinajstić information content (AvgIpc) is 3.31. The van der Waals surface area contributed by atoms with E-state index in [4.69, 9.17) is 18.9 Å². The van der Waals surface area contributed by atoms with Gasteiger partial charge in [0.2, 0.25) is 5.79 Å². The molecule has 1 saturated heterocycles. The molecular formula is C18H22N2O5S. The molecule has 26 heavy (non-hydrogen) atoms. The lowest BCUT2D eigenvalue weighted by Gasteiger charge is -2.19. The standard InChI is InChI=1S/C18H22N2O5S/c1-18(24-7-8-25-18)17-19-10-15(26-17)16(21)20-14(11-22-2)12-5-4-6-13(9-12)23-3/h4-6,9-10,14H,7-8,11H2,1-3H3,(H,20,21). The van der Waals surface area contributed by atoms with Gasteiger partial charge in [-0.05, 0) is 24.6 Å². The summed E-state index contributed by atoms with van der Waals surface area (Å²) in [6, 6.07) is 7.23. The molecule has 8 heteroatoms. The van der Waals surface area contributed by atoms with Gasteiger partial charge < -0.3 is 24.3 Å². The van der Waals surface area contributed by atoms with Crippen LogP contribution in [0.2, 0.25) is 0 Å². The molecule has 0 radical (unpaired) electrons. The highest BCUT2D eigenvalue weighted by Crippen LogP contribution is 2.33. The highest BCUT2D eigenvalue weighted by molar-refractivity contribution is 7.13. The van der Waals surface area contributed by atoms with Gasteiger partial charge in [0, 0.05) is 7.11 Å². The number of ether oxygens (including phenoxy) is 4. The van der Waals surface area contributed by atoms with Crippen molar-refractivity contribution in [3.63, 3.8) is 0 Å². The number of carbonyl (C=O) groups is 1. The highest BCUT2D eigenvalue weighted by atomic mass is 32.1. The van der Waals surface area contributed by atoms with Crippen LogP contribution in [0.5, 0.6) is 5.75 Å². The fourth-order valence-corrected chi connectivity index (χ4v) is 3.58. The van der Waals surface area contributed by atoms with Crippen LogP contribution in [-0.4, -0.2) is 44.9 Å². The predicted octanol–water partition coefficient (Wildman–Crippen LogP) is 2.49. The largest absolute Gasteiger partial charge is 0.497 e. The molecule has 0 bridgehead atoms. The van der Waals surface area contributed by atoms with E-state index >= 15 is 0 Å². The third kappa shape index (κ3) is 4.04. The topological polar surface area (TPSA) is 78.9 Å². The second-order valence-corrected chi connectivity index (χ2v) is 6.96. The van der Waals surface area contributed by atoms with Gasteiger partial charge in [-0.3, -0.25) is 4.79 Å². The summed E-state index contributed by atoms with van der Waals surface area (Å²) in [5, 5.41) is 3.62. The normalized spacial score (nSPS) is 17.0. The molecule has 0 aliphatic carbocycles. The molecule has 1 atom stereocenters. The number of hydrogen-bond donors (Lipinski definition) is 1.